The molecule has 4 nitrogen and oxygen atoms in total. The van der Waals surface area contributed by atoms with Crippen LogP contribution in [-0.4, -0.2) is 40.9 Å². The molecular weight excluding hydrogens is 292 g/mol. The molecule has 0 aromatic rings. The second-order valence-electron chi connectivity index (χ2n) is 7.78. The molecule has 1 spiro atoms. The predicted molar refractivity (Wildman–Crippen MR) is 88.9 cm³/mol. The molecule has 4 heteroatoms. The molecule has 4 unspecified atom stereocenters. The summed E-state index contributed by atoms with van der Waals surface area (Å²) in [6.45, 7) is 5.76. The first-order chi connectivity index (χ1) is 11.0. The Hall–Kier alpha value is -0.420. The molecule has 0 aromatic carbocycles. The molecule has 4 atom stereocenters. The van der Waals surface area contributed by atoms with E-state index in [9.17, 15) is 10.2 Å². The third-order valence-corrected chi connectivity index (χ3v) is 6.30. The summed E-state index contributed by atoms with van der Waals surface area (Å²) in [5.74, 6) is 1.09. The van der Waals surface area contributed by atoms with Crippen molar-refractivity contribution in [2.24, 2.45) is 17.8 Å². The van der Waals surface area contributed by atoms with Crippen molar-refractivity contribution < 1.29 is 19.7 Å². The monoisotopic (exact) mass is 324 g/mol. The first kappa shape index (κ1) is 17.4. The van der Waals surface area contributed by atoms with E-state index in [0.29, 0.717) is 37.4 Å². The standard InChI is InChI=1S/C19H32O4/c1-3-14(4-2)5-6-16(20)7-8-18(21)11-15-12-19(17(15)13-18)22-9-10-23-19/h7-8,14-17,20-21H,3-6,9-13H2,1-2H3. The smallest absolute Gasteiger partial charge is 0.171 e. The highest BCUT2D eigenvalue weighted by atomic mass is 16.7. The van der Waals surface area contributed by atoms with Crippen LogP contribution in [0.4, 0.5) is 0 Å². The highest BCUT2D eigenvalue weighted by Crippen LogP contribution is 2.60. The second-order valence-corrected chi connectivity index (χ2v) is 7.78. The van der Waals surface area contributed by atoms with Gasteiger partial charge in [0.25, 0.3) is 0 Å². The number of fused-ring (bicyclic) bond motifs is 2. The Morgan fingerprint density at radius 1 is 1.09 bits per heavy atom. The third-order valence-electron chi connectivity index (χ3n) is 6.30. The molecule has 3 fully saturated rings. The summed E-state index contributed by atoms with van der Waals surface area (Å²) in [6.07, 6.45) is 9.72. The van der Waals surface area contributed by atoms with Gasteiger partial charge in [0.15, 0.2) is 5.79 Å². The molecule has 132 valence electrons. The molecule has 2 aliphatic carbocycles. The van der Waals surface area contributed by atoms with Crippen molar-refractivity contribution >= 4 is 0 Å². The molecule has 0 bridgehead atoms. The summed E-state index contributed by atoms with van der Waals surface area (Å²) in [7, 11) is 0. The molecule has 3 aliphatic rings. The van der Waals surface area contributed by atoms with Gasteiger partial charge in [-0.05, 0) is 37.5 Å². The summed E-state index contributed by atoms with van der Waals surface area (Å²) in [6, 6.07) is 0. The van der Waals surface area contributed by atoms with Crippen molar-refractivity contribution in [3.05, 3.63) is 12.2 Å². The van der Waals surface area contributed by atoms with Crippen LogP contribution in [0.3, 0.4) is 0 Å². The van der Waals surface area contributed by atoms with Crippen molar-refractivity contribution in [2.45, 2.75) is 76.3 Å². The first-order valence-corrected chi connectivity index (χ1v) is 9.38. The summed E-state index contributed by atoms with van der Waals surface area (Å²) >= 11 is 0. The van der Waals surface area contributed by atoms with E-state index in [-0.39, 0.29) is 0 Å². The zero-order valence-corrected chi connectivity index (χ0v) is 14.5. The highest BCUT2D eigenvalue weighted by Gasteiger charge is 2.64. The van der Waals surface area contributed by atoms with Crippen molar-refractivity contribution in [2.75, 3.05) is 13.2 Å². The maximum absolute atomic E-state index is 10.8. The minimum absolute atomic E-state index is 0.307. The van der Waals surface area contributed by atoms with Gasteiger partial charge in [-0.1, -0.05) is 38.8 Å². The zero-order chi connectivity index (χ0) is 16.5. The van der Waals surface area contributed by atoms with Crippen LogP contribution in [0.5, 0.6) is 0 Å². The Morgan fingerprint density at radius 2 is 1.78 bits per heavy atom. The van der Waals surface area contributed by atoms with Crippen molar-refractivity contribution in [1.82, 2.24) is 0 Å². The fraction of sp³-hybridized carbons (Fsp3) is 0.895. The SMILES string of the molecule is CCC(CC)CCC(O)C=CC1(O)CC2CC3(OCCO3)C2C1. The van der Waals surface area contributed by atoms with E-state index >= 15 is 0 Å². The van der Waals surface area contributed by atoms with Crippen LogP contribution >= 0.6 is 0 Å². The van der Waals surface area contributed by atoms with Crippen LogP contribution in [0.1, 0.15) is 58.8 Å². The van der Waals surface area contributed by atoms with E-state index in [4.69, 9.17) is 9.47 Å². The Bertz CT molecular complexity index is 425. The average Bonchev–Trinajstić information content (AvgIpc) is 3.12. The summed E-state index contributed by atoms with van der Waals surface area (Å²) in [4.78, 5) is 0. The van der Waals surface area contributed by atoms with Crippen molar-refractivity contribution in [3.8, 4) is 0 Å². The van der Waals surface area contributed by atoms with Crippen LogP contribution < -0.4 is 0 Å². The maximum atomic E-state index is 10.8. The zero-order valence-electron chi connectivity index (χ0n) is 14.5. The van der Waals surface area contributed by atoms with Crippen LogP contribution in [0.25, 0.3) is 0 Å². The molecule has 1 saturated heterocycles. The summed E-state index contributed by atoms with van der Waals surface area (Å²) in [5, 5.41) is 21.0. The fourth-order valence-electron chi connectivity index (χ4n) is 4.74. The molecular formula is C19H32O4. The minimum Gasteiger partial charge on any atom is -0.389 e. The van der Waals surface area contributed by atoms with Gasteiger partial charge in [0.05, 0.1) is 24.9 Å². The maximum Gasteiger partial charge on any atom is 0.171 e. The van der Waals surface area contributed by atoms with Gasteiger partial charge in [-0.3, -0.25) is 0 Å². The normalized spacial score (nSPS) is 36.7. The van der Waals surface area contributed by atoms with E-state index in [1.807, 2.05) is 6.08 Å². The molecule has 2 N–H and O–H groups in total. The highest BCUT2D eigenvalue weighted by molar-refractivity contribution is 5.16. The number of hydrogen-bond donors (Lipinski definition) is 2. The van der Waals surface area contributed by atoms with Crippen LogP contribution in [0.15, 0.2) is 12.2 Å². The molecule has 3 rings (SSSR count). The molecule has 1 aliphatic heterocycles. The van der Waals surface area contributed by atoms with Gasteiger partial charge in [0, 0.05) is 12.3 Å². The molecule has 2 saturated carbocycles. The molecule has 23 heavy (non-hydrogen) atoms. The van der Waals surface area contributed by atoms with Gasteiger partial charge < -0.3 is 19.7 Å². The van der Waals surface area contributed by atoms with Crippen LogP contribution in [-0.2, 0) is 9.47 Å². The molecule has 0 radical (unpaired) electrons. The van der Waals surface area contributed by atoms with Gasteiger partial charge >= 0.3 is 0 Å². The van der Waals surface area contributed by atoms with E-state index in [0.717, 1.165) is 25.7 Å². The minimum atomic E-state index is -0.802. The lowest BCUT2D eigenvalue weighted by Crippen LogP contribution is -2.52. The topological polar surface area (TPSA) is 58.9 Å². The van der Waals surface area contributed by atoms with Gasteiger partial charge in [-0.2, -0.15) is 0 Å². The van der Waals surface area contributed by atoms with Gasteiger partial charge in [0.2, 0.25) is 0 Å². The second kappa shape index (κ2) is 6.83. The number of ether oxygens (including phenoxy) is 2. The van der Waals surface area contributed by atoms with E-state index in [2.05, 4.69) is 13.8 Å². The molecule has 0 aromatic heterocycles. The van der Waals surface area contributed by atoms with Gasteiger partial charge in [-0.25, -0.2) is 0 Å². The third kappa shape index (κ3) is 3.51. The van der Waals surface area contributed by atoms with Crippen molar-refractivity contribution in [3.63, 3.8) is 0 Å². The Kier molecular flexibility index (Phi) is 5.17. The number of hydrogen-bond acceptors (Lipinski definition) is 4. The first-order valence-electron chi connectivity index (χ1n) is 9.38. The van der Waals surface area contributed by atoms with E-state index < -0.39 is 17.5 Å². The van der Waals surface area contributed by atoms with Gasteiger partial charge in [0.1, 0.15) is 0 Å². The van der Waals surface area contributed by atoms with Crippen LogP contribution in [0, 0.1) is 17.8 Å². The molecule has 0 amide bonds. The summed E-state index contributed by atoms with van der Waals surface area (Å²) < 4.78 is 11.6. The predicted octanol–water partition coefficient (Wildman–Crippen LogP) is 3.02. The largest absolute Gasteiger partial charge is 0.389 e. The fourth-order valence-corrected chi connectivity index (χ4v) is 4.74. The Labute approximate surface area is 139 Å². The number of aliphatic hydroxyl groups excluding tert-OH is 1. The quantitative estimate of drug-likeness (QED) is 0.707. The average molecular weight is 324 g/mol. The number of rotatable bonds is 7. The summed E-state index contributed by atoms with van der Waals surface area (Å²) in [5.41, 5.74) is -0.802. The van der Waals surface area contributed by atoms with Crippen molar-refractivity contribution in [1.29, 1.82) is 0 Å². The van der Waals surface area contributed by atoms with E-state index in [1.165, 1.54) is 12.8 Å². The Morgan fingerprint density at radius 3 is 2.43 bits per heavy atom. The lowest BCUT2D eigenvalue weighted by atomic mass is 9.70. The van der Waals surface area contributed by atoms with E-state index in [1.54, 1.807) is 6.08 Å². The number of aliphatic hydroxyl groups is 2. The van der Waals surface area contributed by atoms with Gasteiger partial charge in [-0.15, -0.1) is 0 Å². The van der Waals surface area contributed by atoms with Crippen LogP contribution in [0.2, 0.25) is 0 Å². The lowest BCUT2D eigenvalue weighted by Gasteiger charge is -2.47. The Balaban J connectivity index is 1.50. The lowest BCUT2D eigenvalue weighted by molar-refractivity contribution is -0.267. The molecule has 1 heterocycles.